The van der Waals surface area contributed by atoms with Crippen LogP contribution in [0.2, 0.25) is 0 Å². The molecule has 0 fully saturated rings. The zero-order chi connectivity index (χ0) is 23.3. The maximum absolute atomic E-state index is 13.8. The number of carbonyl (C=O) groups is 1. The van der Waals surface area contributed by atoms with Gasteiger partial charge in [0.2, 0.25) is 0 Å². The summed E-state index contributed by atoms with van der Waals surface area (Å²) in [5, 5.41) is 12.3. The third kappa shape index (κ3) is 5.84. The third-order valence-electron chi connectivity index (χ3n) is 4.66. The lowest BCUT2D eigenvalue weighted by molar-refractivity contribution is -0.112. The van der Waals surface area contributed by atoms with Crippen LogP contribution in [0.25, 0.3) is 6.08 Å². The molecule has 4 nitrogen and oxygen atoms in total. The van der Waals surface area contributed by atoms with Crippen molar-refractivity contribution in [3.05, 3.63) is 97.2 Å². The van der Waals surface area contributed by atoms with Crippen molar-refractivity contribution < 1.29 is 13.9 Å². The van der Waals surface area contributed by atoms with E-state index in [2.05, 4.69) is 37.2 Å². The Morgan fingerprint density at radius 1 is 1.12 bits per heavy atom. The summed E-state index contributed by atoms with van der Waals surface area (Å²) < 4.78 is 20.8. The van der Waals surface area contributed by atoms with Gasteiger partial charge in [-0.15, -0.1) is 0 Å². The van der Waals surface area contributed by atoms with Crippen LogP contribution in [0, 0.1) is 31.0 Å². The maximum atomic E-state index is 13.8. The number of rotatable bonds is 6. The Hall–Kier alpha value is -2.95. The average Bonchev–Trinajstić information content (AvgIpc) is 2.74. The number of anilines is 1. The van der Waals surface area contributed by atoms with Crippen LogP contribution in [0.1, 0.15) is 22.3 Å². The average molecular weight is 558 g/mol. The van der Waals surface area contributed by atoms with Gasteiger partial charge in [-0.05, 0) is 87.2 Å². The molecule has 0 aromatic heterocycles. The van der Waals surface area contributed by atoms with E-state index in [1.165, 1.54) is 12.1 Å². The molecule has 0 saturated heterocycles. The smallest absolute Gasteiger partial charge is 0.266 e. The second-order valence-electron chi connectivity index (χ2n) is 7.14. The molecule has 0 spiro atoms. The molecule has 1 N–H and O–H groups in total. The number of aryl methyl sites for hydroxylation is 2. The summed E-state index contributed by atoms with van der Waals surface area (Å²) >= 11 is 6.90. The van der Waals surface area contributed by atoms with Crippen LogP contribution in [0.3, 0.4) is 0 Å². The van der Waals surface area contributed by atoms with Crippen molar-refractivity contribution >= 4 is 49.5 Å². The summed E-state index contributed by atoms with van der Waals surface area (Å²) in [5.41, 5.74) is 3.67. The van der Waals surface area contributed by atoms with Crippen molar-refractivity contribution in [2.75, 3.05) is 5.32 Å². The first-order chi connectivity index (χ1) is 15.3. The standard InChI is InChI=1S/C25H19Br2FN2O2/c1-15-7-8-23(16(2)9-15)30-25(31)19(13-29)10-17-11-20(26)24(21(27)12-17)32-14-18-5-3-4-6-22(18)28/h3-12H,14H2,1-2H3,(H,30,31)/b19-10+. The minimum atomic E-state index is -0.494. The van der Waals surface area contributed by atoms with Gasteiger partial charge < -0.3 is 10.1 Å². The van der Waals surface area contributed by atoms with E-state index in [9.17, 15) is 14.4 Å². The molecule has 3 rings (SSSR count). The first kappa shape index (κ1) is 23.7. The van der Waals surface area contributed by atoms with Crippen molar-refractivity contribution in [1.82, 2.24) is 0 Å². The Morgan fingerprint density at radius 2 is 1.81 bits per heavy atom. The molecule has 0 heterocycles. The third-order valence-corrected chi connectivity index (χ3v) is 5.83. The van der Waals surface area contributed by atoms with Gasteiger partial charge in [-0.2, -0.15) is 5.26 Å². The van der Waals surface area contributed by atoms with Crippen molar-refractivity contribution in [3.8, 4) is 11.8 Å². The summed E-state index contributed by atoms with van der Waals surface area (Å²) in [4.78, 5) is 12.6. The van der Waals surface area contributed by atoms with E-state index in [4.69, 9.17) is 4.74 Å². The fourth-order valence-electron chi connectivity index (χ4n) is 3.02. The molecule has 3 aromatic rings. The minimum Gasteiger partial charge on any atom is -0.486 e. The van der Waals surface area contributed by atoms with Crippen LogP contribution in [-0.2, 0) is 11.4 Å². The number of halogens is 3. The van der Waals surface area contributed by atoms with E-state index < -0.39 is 5.91 Å². The SMILES string of the molecule is Cc1ccc(NC(=O)/C(C#N)=C/c2cc(Br)c(OCc3ccccc3F)c(Br)c2)c(C)c1. The van der Waals surface area contributed by atoms with Crippen molar-refractivity contribution in [2.45, 2.75) is 20.5 Å². The van der Waals surface area contributed by atoms with Crippen LogP contribution in [0.4, 0.5) is 10.1 Å². The van der Waals surface area contributed by atoms with Gasteiger partial charge in [0, 0.05) is 11.3 Å². The Morgan fingerprint density at radius 3 is 2.44 bits per heavy atom. The molecule has 0 aliphatic carbocycles. The minimum absolute atomic E-state index is 0.0381. The predicted molar refractivity (Wildman–Crippen MR) is 131 cm³/mol. The first-order valence-corrected chi connectivity index (χ1v) is 11.2. The molecule has 1 amide bonds. The van der Waals surface area contributed by atoms with Crippen LogP contribution in [0.5, 0.6) is 5.75 Å². The molecule has 32 heavy (non-hydrogen) atoms. The number of amides is 1. The molecule has 0 bridgehead atoms. The zero-order valence-corrected chi connectivity index (χ0v) is 20.6. The van der Waals surface area contributed by atoms with Crippen LogP contribution < -0.4 is 10.1 Å². The van der Waals surface area contributed by atoms with Gasteiger partial charge in [0.1, 0.15) is 29.8 Å². The molecular formula is C25H19Br2FN2O2. The Balaban J connectivity index is 1.79. The second kappa shape index (κ2) is 10.6. The van der Waals surface area contributed by atoms with E-state index in [0.717, 1.165) is 11.1 Å². The Bertz CT molecular complexity index is 1230. The van der Waals surface area contributed by atoms with Gasteiger partial charge in [-0.3, -0.25) is 4.79 Å². The normalized spacial score (nSPS) is 11.1. The van der Waals surface area contributed by atoms with Gasteiger partial charge in [0.05, 0.1) is 8.95 Å². The van der Waals surface area contributed by atoms with Gasteiger partial charge in [-0.1, -0.05) is 35.9 Å². The number of nitrogens with zero attached hydrogens (tertiary/aromatic N) is 1. The number of nitrogens with one attached hydrogen (secondary N) is 1. The monoisotopic (exact) mass is 556 g/mol. The summed E-state index contributed by atoms with van der Waals surface area (Å²) in [6.07, 6.45) is 1.50. The largest absolute Gasteiger partial charge is 0.486 e. The van der Waals surface area contributed by atoms with Crippen LogP contribution in [-0.4, -0.2) is 5.91 Å². The Labute approximate surface area is 203 Å². The van der Waals surface area contributed by atoms with Gasteiger partial charge in [0.15, 0.2) is 0 Å². The molecule has 7 heteroatoms. The summed E-state index contributed by atoms with van der Waals surface area (Å²) in [6.45, 7) is 3.92. The molecule has 0 radical (unpaired) electrons. The fourth-order valence-corrected chi connectivity index (χ4v) is 4.48. The fraction of sp³-hybridized carbons (Fsp3) is 0.120. The zero-order valence-electron chi connectivity index (χ0n) is 17.4. The molecule has 0 atom stereocenters. The highest BCUT2D eigenvalue weighted by Gasteiger charge is 2.14. The molecule has 0 aliphatic heterocycles. The Kier molecular flexibility index (Phi) is 7.84. The summed E-state index contributed by atoms with van der Waals surface area (Å²) in [5.74, 6) is -0.344. The molecular weight excluding hydrogens is 539 g/mol. The summed E-state index contributed by atoms with van der Waals surface area (Å²) in [6, 6.07) is 17.5. The van der Waals surface area contributed by atoms with E-state index in [-0.39, 0.29) is 18.0 Å². The van der Waals surface area contributed by atoms with Crippen molar-refractivity contribution in [3.63, 3.8) is 0 Å². The van der Waals surface area contributed by atoms with Gasteiger partial charge >= 0.3 is 0 Å². The highest BCUT2D eigenvalue weighted by molar-refractivity contribution is 9.11. The van der Waals surface area contributed by atoms with E-state index >= 15 is 0 Å². The van der Waals surface area contributed by atoms with E-state index in [1.54, 1.807) is 30.3 Å². The molecule has 0 saturated carbocycles. The first-order valence-electron chi connectivity index (χ1n) is 9.64. The van der Waals surface area contributed by atoms with Crippen LogP contribution in [0.15, 0.2) is 69.1 Å². The molecule has 162 valence electrons. The van der Waals surface area contributed by atoms with Crippen molar-refractivity contribution in [2.24, 2.45) is 0 Å². The lowest BCUT2D eigenvalue weighted by atomic mass is 10.1. The quantitative estimate of drug-likeness (QED) is 0.260. The van der Waals surface area contributed by atoms with Crippen LogP contribution >= 0.6 is 31.9 Å². The van der Waals surface area contributed by atoms with Gasteiger partial charge in [-0.25, -0.2) is 4.39 Å². The maximum Gasteiger partial charge on any atom is 0.266 e. The highest BCUT2D eigenvalue weighted by Crippen LogP contribution is 2.36. The highest BCUT2D eigenvalue weighted by atomic mass is 79.9. The molecule has 0 aliphatic rings. The lowest BCUT2D eigenvalue weighted by Crippen LogP contribution is -2.14. The number of ether oxygens (including phenoxy) is 1. The number of hydrogen-bond acceptors (Lipinski definition) is 3. The lowest BCUT2D eigenvalue weighted by Gasteiger charge is -2.12. The number of nitriles is 1. The summed E-state index contributed by atoms with van der Waals surface area (Å²) in [7, 11) is 0. The number of hydrogen-bond donors (Lipinski definition) is 1. The van der Waals surface area contributed by atoms with E-state index in [1.807, 2.05) is 38.1 Å². The van der Waals surface area contributed by atoms with Gasteiger partial charge in [0.25, 0.3) is 5.91 Å². The number of benzene rings is 3. The molecule has 3 aromatic carbocycles. The predicted octanol–water partition coefficient (Wildman–Crippen LogP) is 7.09. The topological polar surface area (TPSA) is 62.1 Å². The number of carbonyl (C=O) groups excluding carboxylic acids is 1. The second-order valence-corrected chi connectivity index (χ2v) is 8.84. The molecule has 0 unspecified atom stereocenters. The van der Waals surface area contributed by atoms with E-state index in [0.29, 0.717) is 31.5 Å². The van der Waals surface area contributed by atoms with Crippen molar-refractivity contribution in [1.29, 1.82) is 5.26 Å².